The molecule has 0 bridgehead atoms. The number of esters is 1. The smallest absolute Gasteiger partial charge is 0.407 e. The highest BCUT2D eigenvalue weighted by atomic mass is 16.6. The van der Waals surface area contributed by atoms with E-state index in [0.717, 1.165) is 5.56 Å². The second-order valence-corrected chi connectivity index (χ2v) is 5.64. The van der Waals surface area contributed by atoms with Gasteiger partial charge in [0.05, 0.1) is 17.7 Å². The number of aryl methyl sites for hydroxylation is 2. The second kappa shape index (κ2) is 7.10. The van der Waals surface area contributed by atoms with Crippen LogP contribution in [0, 0.1) is 13.8 Å². The number of nitrogens with zero attached hydrogens (tertiary/aromatic N) is 1. The number of hydrogen-bond acceptors (Lipinski definition) is 6. The summed E-state index contributed by atoms with van der Waals surface area (Å²) in [5.74, 6) is 0.221. The lowest BCUT2D eigenvalue weighted by atomic mass is 10.2. The van der Waals surface area contributed by atoms with E-state index in [-0.39, 0.29) is 19.6 Å². The Labute approximate surface area is 124 Å². The van der Waals surface area contributed by atoms with Crippen molar-refractivity contribution >= 4 is 12.1 Å². The van der Waals surface area contributed by atoms with E-state index in [9.17, 15) is 9.59 Å². The molecule has 1 rings (SSSR count). The van der Waals surface area contributed by atoms with E-state index in [1.165, 1.54) is 0 Å². The van der Waals surface area contributed by atoms with Crippen LogP contribution in [-0.2, 0) is 20.9 Å². The maximum absolute atomic E-state index is 11.6. The van der Waals surface area contributed by atoms with Crippen molar-refractivity contribution in [2.45, 2.75) is 53.2 Å². The molecule has 0 aliphatic rings. The summed E-state index contributed by atoms with van der Waals surface area (Å²) in [7, 11) is 0. The first-order valence-corrected chi connectivity index (χ1v) is 6.73. The highest BCUT2D eigenvalue weighted by Crippen LogP contribution is 2.13. The van der Waals surface area contributed by atoms with Crippen LogP contribution in [0.2, 0.25) is 0 Å². The van der Waals surface area contributed by atoms with Crippen molar-refractivity contribution in [1.82, 2.24) is 10.5 Å². The van der Waals surface area contributed by atoms with Crippen LogP contribution in [-0.4, -0.2) is 29.4 Å². The summed E-state index contributed by atoms with van der Waals surface area (Å²) in [5.41, 5.74) is 0.907. The van der Waals surface area contributed by atoms with Gasteiger partial charge in [-0.05, 0) is 34.6 Å². The summed E-state index contributed by atoms with van der Waals surface area (Å²) in [6.07, 6.45) is -0.483. The van der Waals surface area contributed by atoms with Crippen LogP contribution in [0.5, 0.6) is 0 Å². The molecule has 0 saturated heterocycles. The van der Waals surface area contributed by atoms with E-state index in [1.54, 1.807) is 34.6 Å². The molecule has 0 atom stereocenters. The molecule has 0 aliphatic heterocycles. The summed E-state index contributed by atoms with van der Waals surface area (Å²) in [5, 5.41) is 6.27. The zero-order chi connectivity index (χ0) is 16.0. The van der Waals surface area contributed by atoms with Crippen LogP contribution in [0.15, 0.2) is 4.52 Å². The first-order chi connectivity index (χ1) is 9.69. The van der Waals surface area contributed by atoms with E-state index >= 15 is 0 Å². The third-order valence-corrected chi connectivity index (χ3v) is 2.56. The van der Waals surface area contributed by atoms with Crippen molar-refractivity contribution in [2.24, 2.45) is 0 Å². The van der Waals surface area contributed by atoms with E-state index in [1.807, 2.05) is 0 Å². The molecule has 0 unspecified atom stereocenters. The molecule has 0 saturated carbocycles. The van der Waals surface area contributed by atoms with E-state index < -0.39 is 17.7 Å². The SMILES string of the molecule is Cc1noc(C)c1COC(=O)CCNC(=O)OC(C)(C)C. The molecule has 1 heterocycles. The van der Waals surface area contributed by atoms with Gasteiger partial charge in [-0.25, -0.2) is 4.79 Å². The van der Waals surface area contributed by atoms with Crippen molar-refractivity contribution in [3.05, 3.63) is 17.0 Å². The molecule has 1 aromatic heterocycles. The number of alkyl carbamates (subject to hydrolysis) is 1. The minimum absolute atomic E-state index is 0.0720. The number of amides is 1. The fourth-order valence-corrected chi connectivity index (χ4v) is 1.51. The van der Waals surface area contributed by atoms with Gasteiger partial charge in [-0.1, -0.05) is 5.16 Å². The third-order valence-electron chi connectivity index (χ3n) is 2.56. The molecule has 1 aromatic rings. The first-order valence-electron chi connectivity index (χ1n) is 6.73. The zero-order valence-corrected chi connectivity index (χ0v) is 13.1. The number of carbonyl (C=O) groups is 2. The number of carbonyl (C=O) groups excluding carboxylic acids is 2. The number of rotatable bonds is 5. The average molecular weight is 298 g/mol. The van der Waals surface area contributed by atoms with E-state index in [0.29, 0.717) is 11.5 Å². The minimum atomic E-state index is -0.562. The Morgan fingerprint density at radius 1 is 1.29 bits per heavy atom. The van der Waals surface area contributed by atoms with Crippen LogP contribution in [0.4, 0.5) is 4.79 Å². The lowest BCUT2D eigenvalue weighted by molar-refractivity contribution is -0.144. The van der Waals surface area contributed by atoms with Gasteiger partial charge in [-0.2, -0.15) is 0 Å². The molecular weight excluding hydrogens is 276 g/mol. The molecule has 1 N–H and O–H groups in total. The predicted octanol–water partition coefficient (Wildman–Crippen LogP) is 2.25. The molecule has 1 amide bonds. The Morgan fingerprint density at radius 2 is 1.95 bits per heavy atom. The highest BCUT2D eigenvalue weighted by Gasteiger charge is 2.16. The number of nitrogens with one attached hydrogen (secondary N) is 1. The van der Waals surface area contributed by atoms with Gasteiger partial charge >= 0.3 is 12.1 Å². The highest BCUT2D eigenvalue weighted by molar-refractivity contribution is 5.72. The van der Waals surface area contributed by atoms with E-state index in [2.05, 4.69) is 10.5 Å². The average Bonchev–Trinajstić information content (AvgIpc) is 2.64. The standard InChI is InChI=1S/C14H22N2O5/c1-9-11(10(2)21-16-9)8-19-12(17)6-7-15-13(18)20-14(3,4)5/h6-8H2,1-5H3,(H,15,18). The molecule has 0 aromatic carbocycles. The fraction of sp³-hybridized carbons (Fsp3) is 0.643. The molecule has 0 spiro atoms. The third kappa shape index (κ3) is 6.29. The molecule has 0 radical (unpaired) electrons. The predicted molar refractivity (Wildman–Crippen MR) is 74.6 cm³/mol. The lowest BCUT2D eigenvalue weighted by Crippen LogP contribution is -2.33. The van der Waals surface area contributed by atoms with Crippen molar-refractivity contribution in [2.75, 3.05) is 6.54 Å². The lowest BCUT2D eigenvalue weighted by Gasteiger charge is -2.19. The van der Waals surface area contributed by atoms with Gasteiger partial charge in [-0.15, -0.1) is 0 Å². The molecule has 21 heavy (non-hydrogen) atoms. The van der Waals surface area contributed by atoms with Gasteiger partial charge in [0.2, 0.25) is 0 Å². The molecule has 0 fully saturated rings. The summed E-state index contributed by atoms with van der Waals surface area (Å²) in [6.45, 7) is 9.12. The van der Waals surface area contributed by atoms with Crippen LogP contribution in [0.1, 0.15) is 44.2 Å². The van der Waals surface area contributed by atoms with Gasteiger partial charge in [0, 0.05) is 6.54 Å². The Balaban J connectivity index is 2.25. The van der Waals surface area contributed by atoms with Crippen LogP contribution in [0.3, 0.4) is 0 Å². The molecule has 118 valence electrons. The Morgan fingerprint density at radius 3 is 2.48 bits per heavy atom. The number of ether oxygens (including phenoxy) is 2. The van der Waals surface area contributed by atoms with E-state index in [4.69, 9.17) is 14.0 Å². The molecule has 0 aliphatic carbocycles. The van der Waals surface area contributed by atoms with Gasteiger partial charge < -0.3 is 19.3 Å². The van der Waals surface area contributed by atoms with Crippen molar-refractivity contribution in [3.8, 4) is 0 Å². The van der Waals surface area contributed by atoms with Crippen molar-refractivity contribution < 1.29 is 23.6 Å². The molecular formula is C14H22N2O5. The van der Waals surface area contributed by atoms with Gasteiger partial charge in [0.1, 0.15) is 18.0 Å². The summed E-state index contributed by atoms with van der Waals surface area (Å²) >= 11 is 0. The Hall–Kier alpha value is -2.05. The zero-order valence-electron chi connectivity index (χ0n) is 13.1. The van der Waals surface area contributed by atoms with Crippen molar-refractivity contribution in [1.29, 1.82) is 0 Å². The quantitative estimate of drug-likeness (QED) is 0.838. The maximum Gasteiger partial charge on any atom is 0.407 e. The van der Waals surface area contributed by atoms with Gasteiger partial charge in [-0.3, -0.25) is 4.79 Å². The monoisotopic (exact) mass is 298 g/mol. The van der Waals surface area contributed by atoms with Crippen molar-refractivity contribution in [3.63, 3.8) is 0 Å². The molecule has 7 heteroatoms. The van der Waals surface area contributed by atoms with Crippen LogP contribution >= 0.6 is 0 Å². The Kier molecular flexibility index (Phi) is 5.75. The molecule has 7 nitrogen and oxygen atoms in total. The van der Waals surface area contributed by atoms with Gasteiger partial charge in [0.25, 0.3) is 0 Å². The van der Waals surface area contributed by atoms with Crippen LogP contribution in [0.25, 0.3) is 0 Å². The van der Waals surface area contributed by atoms with Gasteiger partial charge in [0.15, 0.2) is 0 Å². The second-order valence-electron chi connectivity index (χ2n) is 5.64. The number of aromatic nitrogens is 1. The minimum Gasteiger partial charge on any atom is -0.461 e. The normalized spacial score (nSPS) is 11.1. The maximum atomic E-state index is 11.6. The largest absolute Gasteiger partial charge is 0.461 e. The van der Waals surface area contributed by atoms with Crippen LogP contribution < -0.4 is 5.32 Å². The Bertz CT molecular complexity index is 482. The summed E-state index contributed by atoms with van der Waals surface area (Å²) in [6, 6.07) is 0. The number of hydrogen-bond donors (Lipinski definition) is 1. The summed E-state index contributed by atoms with van der Waals surface area (Å²) < 4.78 is 15.1. The first kappa shape index (κ1) is 17.0. The fourth-order valence-electron chi connectivity index (χ4n) is 1.51. The topological polar surface area (TPSA) is 90.7 Å². The summed E-state index contributed by atoms with van der Waals surface area (Å²) in [4.78, 5) is 22.9.